The van der Waals surface area contributed by atoms with Crippen LogP contribution in [0.5, 0.6) is 0 Å². The zero-order valence-corrected chi connectivity index (χ0v) is 15.9. The first-order valence-electron chi connectivity index (χ1n) is 9.75. The number of pyridine rings is 2. The summed E-state index contributed by atoms with van der Waals surface area (Å²) in [5.41, 5.74) is 3.79. The van der Waals surface area contributed by atoms with Crippen LogP contribution in [0.3, 0.4) is 0 Å². The van der Waals surface area contributed by atoms with Gasteiger partial charge in [-0.15, -0.1) is 10.2 Å². The predicted octanol–water partition coefficient (Wildman–Crippen LogP) is 2.76. The Balaban J connectivity index is 1.38. The molecule has 1 fully saturated rings. The minimum Gasteiger partial charge on any atom is -0.381 e. The molecule has 5 heterocycles. The van der Waals surface area contributed by atoms with Crippen molar-refractivity contribution in [1.29, 1.82) is 0 Å². The van der Waals surface area contributed by atoms with Crippen molar-refractivity contribution < 1.29 is 4.74 Å². The minimum atomic E-state index is 0.355. The van der Waals surface area contributed by atoms with E-state index in [0.29, 0.717) is 18.4 Å². The third kappa shape index (κ3) is 3.93. The van der Waals surface area contributed by atoms with E-state index in [2.05, 4.69) is 25.5 Å². The molecule has 1 aliphatic heterocycles. The predicted molar refractivity (Wildman–Crippen MR) is 109 cm³/mol. The molecule has 0 unspecified atom stereocenters. The van der Waals surface area contributed by atoms with Crippen LogP contribution in [0.4, 0.5) is 5.95 Å². The largest absolute Gasteiger partial charge is 0.381 e. The van der Waals surface area contributed by atoms with E-state index < -0.39 is 0 Å². The van der Waals surface area contributed by atoms with Crippen molar-refractivity contribution in [3.8, 4) is 11.3 Å². The number of hydrogen-bond donors (Lipinski definition) is 1. The summed E-state index contributed by atoms with van der Waals surface area (Å²) in [6, 6.07) is 10.3. The molecule has 0 aromatic carbocycles. The highest BCUT2D eigenvalue weighted by Crippen LogP contribution is 2.21. The fourth-order valence-corrected chi connectivity index (χ4v) is 3.52. The van der Waals surface area contributed by atoms with Crippen LogP contribution in [0.1, 0.15) is 24.2 Å². The zero-order chi connectivity index (χ0) is 19.5. The molecule has 0 aliphatic carbocycles. The van der Waals surface area contributed by atoms with Crippen LogP contribution in [-0.2, 0) is 11.2 Å². The van der Waals surface area contributed by atoms with E-state index in [-0.39, 0.29) is 0 Å². The standard InChI is InChI=1S/C21H21N7O/c1-7-22-8-2-15(1)13-19-26-27-20-14-16(4-10-28(19)20)18-3-9-23-21(25-18)24-17-5-11-29-12-6-17/h1-4,7-10,14,17H,5-6,11-13H2,(H,23,24,25). The molecule has 0 spiro atoms. The maximum absolute atomic E-state index is 5.41. The van der Waals surface area contributed by atoms with Gasteiger partial charge in [0.2, 0.25) is 5.95 Å². The Morgan fingerprint density at radius 2 is 1.90 bits per heavy atom. The summed E-state index contributed by atoms with van der Waals surface area (Å²) in [6.07, 6.45) is 10.0. The van der Waals surface area contributed by atoms with E-state index >= 15 is 0 Å². The van der Waals surface area contributed by atoms with Crippen LogP contribution >= 0.6 is 0 Å². The van der Waals surface area contributed by atoms with Gasteiger partial charge >= 0.3 is 0 Å². The van der Waals surface area contributed by atoms with Crippen molar-refractivity contribution in [1.82, 2.24) is 29.5 Å². The van der Waals surface area contributed by atoms with Crippen molar-refractivity contribution in [3.63, 3.8) is 0 Å². The molecule has 146 valence electrons. The lowest BCUT2D eigenvalue weighted by Gasteiger charge is -2.23. The van der Waals surface area contributed by atoms with Gasteiger partial charge in [-0.2, -0.15) is 0 Å². The SMILES string of the molecule is c1cc(Cc2nnc3cc(-c4ccnc(NC5CCOCC5)n4)ccn23)ccn1. The van der Waals surface area contributed by atoms with Crippen LogP contribution < -0.4 is 5.32 Å². The number of fused-ring (bicyclic) bond motifs is 1. The van der Waals surface area contributed by atoms with Crippen LogP contribution in [0.2, 0.25) is 0 Å². The van der Waals surface area contributed by atoms with Crippen molar-refractivity contribution in [2.45, 2.75) is 25.3 Å². The van der Waals surface area contributed by atoms with Gasteiger partial charge in [0, 0.05) is 56.0 Å². The van der Waals surface area contributed by atoms with Gasteiger partial charge in [0.1, 0.15) is 5.82 Å². The highest BCUT2D eigenvalue weighted by molar-refractivity contribution is 5.64. The maximum Gasteiger partial charge on any atom is 0.223 e. The molecule has 1 N–H and O–H groups in total. The molecule has 29 heavy (non-hydrogen) atoms. The van der Waals surface area contributed by atoms with E-state index in [0.717, 1.165) is 54.3 Å². The topological polar surface area (TPSA) is 90.1 Å². The van der Waals surface area contributed by atoms with Gasteiger partial charge in [-0.3, -0.25) is 9.38 Å². The Morgan fingerprint density at radius 3 is 2.76 bits per heavy atom. The number of nitrogens with zero attached hydrogens (tertiary/aromatic N) is 6. The van der Waals surface area contributed by atoms with Crippen molar-refractivity contribution >= 4 is 11.6 Å². The summed E-state index contributed by atoms with van der Waals surface area (Å²) in [4.78, 5) is 13.1. The molecule has 0 radical (unpaired) electrons. The highest BCUT2D eigenvalue weighted by Gasteiger charge is 2.15. The molecule has 0 amide bonds. The second-order valence-electron chi connectivity index (χ2n) is 7.09. The molecule has 5 rings (SSSR count). The Kier molecular flexibility index (Phi) is 4.83. The number of rotatable bonds is 5. The number of anilines is 1. The fourth-order valence-electron chi connectivity index (χ4n) is 3.52. The molecule has 8 nitrogen and oxygen atoms in total. The lowest BCUT2D eigenvalue weighted by atomic mass is 10.1. The molecule has 8 heteroatoms. The van der Waals surface area contributed by atoms with Gasteiger partial charge in [-0.05, 0) is 48.7 Å². The summed E-state index contributed by atoms with van der Waals surface area (Å²) in [5, 5.41) is 12.1. The van der Waals surface area contributed by atoms with Gasteiger partial charge < -0.3 is 10.1 Å². The first-order valence-corrected chi connectivity index (χ1v) is 9.75. The molecule has 4 aromatic heterocycles. The van der Waals surface area contributed by atoms with Gasteiger partial charge in [-0.25, -0.2) is 9.97 Å². The van der Waals surface area contributed by atoms with Crippen LogP contribution in [-0.4, -0.2) is 48.8 Å². The first-order chi connectivity index (χ1) is 14.3. The third-order valence-corrected chi connectivity index (χ3v) is 5.10. The summed E-state index contributed by atoms with van der Waals surface area (Å²) in [7, 11) is 0. The first kappa shape index (κ1) is 17.7. The van der Waals surface area contributed by atoms with Crippen molar-refractivity contribution in [2.24, 2.45) is 0 Å². The summed E-state index contributed by atoms with van der Waals surface area (Å²) < 4.78 is 7.42. The maximum atomic E-state index is 5.41. The van der Waals surface area contributed by atoms with E-state index in [1.807, 2.05) is 40.9 Å². The number of hydrogen-bond acceptors (Lipinski definition) is 7. The second kappa shape index (κ2) is 7.92. The average molecular weight is 387 g/mol. The summed E-state index contributed by atoms with van der Waals surface area (Å²) in [5.74, 6) is 1.54. The molecule has 0 saturated carbocycles. The zero-order valence-electron chi connectivity index (χ0n) is 15.9. The van der Waals surface area contributed by atoms with Crippen LogP contribution in [0.15, 0.2) is 55.1 Å². The van der Waals surface area contributed by atoms with Gasteiger partial charge in [0.05, 0.1) is 5.69 Å². The normalized spacial score (nSPS) is 14.9. The van der Waals surface area contributed by atoms with Gasteiger partial charge in [-0.1, -0.05) is 0 Å². The Bertz CT molecular complexity index is 1110. The highest BCUT2D eigenvalue weighted by atomic mass is 16.5. The van der Waals surface area contributed by atoms with Crippen LogP contribution in [0, 0.1) is 0 Å². The fraction of sp³-hybridized carbons (Fsp3) is 0.286. The van der Waals surface area contributed by atoms with Gasteiger partial charge in [0.25, 0.3) is 0 Å². The summed E-state index contributed by atoms with van der Waals surface area (Å²) in [6.45, 7) is 1.56. The second-order valence-corrected chi connectivity index (χ2v) is 7.09. The van der Waals surface area contributed by atoms with E-state index in [1.54, 1.807) is 18.6 Å². The van der Waals surface area contributed by atoms with Gasteiger partial charge in [0.15, 0.2) is 5.65 Å². The Hall–Kier alpha value is -3.39. The lowest BCUT2D eigenvalue weighted by Crippen LogP contribution is -2.28. The molecular weight excluding hydrogens is 366 g/mol. The molecule has 0 atom stereocenters. The molecular formula is C21H21N7O. The molecule has 0 bridgehead atoms. The van der Waals surface area contributed by atoms with Crippen molar-refractivity contribution in [3.05, 3.63) is 66.5 Å². The quantitative estimate of drug-likeness (QED) is 0.563. The number of nitrogens with one attached hydrogen (secondary N) is 1. The molecule has 4 aromatic rings. The van der Waals surface area contributed by atoms with Crippen LogP contribution in [0.25, 0.3) is 16.9 Å². The van der Waals surface area contributed by atoms with E-state index in [9.17, 15) is 0 Å². The summed E-state index contributed by atoms with van der Waals surface area (Å²) >= 11 is 0. The number of aromatic nitrogens is 6. The van der Waals surface area contributed by atoms with E-state index in [4.69, 9.17) is 9.72 Å². The van der Waals surface area contributed by atoms with Crippen molar-refractivity contribution in [2.75, 3.05) is 18.5 Å². The molecule has 1 aliphatic rings. The molecule has 1 saturated heterocycles. The Labute approximate surface area is 168 Å². The average Bonchev–Trinajstić information content (AvgIpc) is 3.17. The lowest BCUT2D eigenvalue weighted by molar-refractivity contribution is 0.0903. The smallest absolute Gasteiger partial charge is 0.223 e. The third-order valence-electron chi connectivity index (χ3n) is 5.10. The van der Waals surface area contributed by atoms with E-state index in [1.165, 1.54) is 0 Å². The Morgan fingerprint density at radius 1 is 1.03 bits per heavy atom. The minimum absolute atomic E-state index is 0.355. The number of ether oxygens (including phenoxy) is 1. The monoisotopic (exact) mass is 387 g/mol.